The van der Waals surface area contributed by atoms with E-state index in [1.165, 1.54) is 0 Å². The number of nitrogen functional groups attached to an aromatic ring is 1. The van der Waals surface area contributed by atoms with Gasteiger partial charge in [0.25, 0.3) is 0 Å². The van der Waals surface area contributed by atoms with Gasteiger partial charge < -0.3 is 5.73 Å². The van der Waals surface area contributed by atoms with E-state index in [1.54, 1.807) is 17.1 Å². The van der Waals surface area contributed by atoms with Crippen molar-refractivity contribution in [3.05, 3.63) is 36.2 Å². The van der Waals surface area contributed by atoms with Crippen LogP contribution in [0.1, 0.15) is 5.56 Å². The number of aryl methyl sites for hydroxylation is 2. The Kier molecular flexibility index (Phi) is 2.26. The molecule has 0 saturated carbocycles. The van der Waals surface area contributed by atoms with Crippen LogP contribution in [0.4, 0.5) is 5.69 Å². The zero-order valence-corrected chi connectivity index (χ0v) is 10.3. The fourth-order valence-electron chi connectivity index (χ4n) is 2.02. The molecular formula is C13H13N5. The summed E-state index contributed by atoms with van der Waals surface area (Å²) in [6.07, 6.45) is 3.51. The van der Waals surface area contributed by atoms with E-state index in [1.807, 2.05) is 32.2 Å². The van der Waals surface area contributed by atoms with E-state index in [2.05, 4.69) is 15.1 Å². The van der Waals surface area contributed by atoms with Crippen molar-refractivity contribution >= 4 is 16.7 Å². The molecule has 3 rings (SSSR count). The van der Waals surface area contributed by atoms with Crippen molar-refractivity contribution in [2.24, 2.45) is 7.05 Å². The zero-order chi connectivity index (χ0) is 12.7. The van der Waals surface area contributed by atoms with E-state index in [-0.39, 0.29) is 0 Å². The summed E-state index contributed by atoms with van der Waals surface area (Å²) >= 11 is 0. The Labute approximate surface area is 104 Å². The molecule has 0 radical (unpaired) electrons. The van der Waals surface area contributed by atoms with Gasteiger partial charge in [-0.1, -0.05) is 6.07 Å². The monoisotopic (exact) mass is 239 g/mol. The molecule has 0 fully saturated rings. The summed E-state index contributed by atoms with van der Waals surface area (Å²) in [5.41, 5.74) is 10.2. The van der Waals surface area contributed by atoms with Crippen LogP contribution in [0, 0.1) is 6.92 Å². The number of pyridine rings is 2. The largest absolute Gasteiger partial charge is 0.398 e. The number of aromatic nitrogens is 4. The van der Waals surface area contributed by atoms with Crippen molar-refractivity contribution in [3.63, 3.8) is 0 Å². The maximum Gasteiger partial charge on any atom is 0.160 e. The molecule has 0 bridgehead atoms. The van der Waals surface area contributed by atoms with E-state index >= 15 is 0 Å². The van der Waals surface area contributed by atoms with E-state index in [0.29, 0.717) is 5.69 Å². The van der Waals surface area contributed by atoms with Gasteiger partial charge in [-0.05, 0) is 24.6 Å². The minimum Gasteiger partial charge on any atom is -0.398 e. The summed E-state index contributed by atoms with van der Waals surface area (Å²) in [5.74, 6) is 0. The Morgan fingerprint density at radius 2 is 2.06 bits per heavy atom. The molecule has 0 atom stereocenters. The number of anilines is 1. The van der Waals surface area contributed by atoms with Crippen molar-refractivity contribution in [2.45, 2.75) is 6.92 Å². The highest BCUT2D eigenvalue weighted by Gasteiger charge is 2.16. The fourth-order valence-corrected chi connectivity index (χ4v) is 2.02. The maximum atomic E-state index is 6.15. The van der Waals surface area contributed by atoms with Gasteiger partial charge in [0.2, 0.25) is 0 Å². The lowest BCUT2D eigenvalue weighted by atomic mass is 10.1. The molecule has 3 aromatic heterocycles. The summed E-state index contributed by atoms with van der Waals surface area (Å²) in [6, 6.07) is 5.73. The first-order valence-electron chi connectivity index (χ1n) is 5.67. The standard InChI is InChI=1S/C13H13N5/c1-8-7-16-13-10(11(8)14)12(17-18(13)2)9-5-3-4-6-15-9/h3-7H,1-2H3,(H2,14,16). The molecule has 0 aliphatic carbocycles. The van der Waals surface area contributed by atoms with E-state index in [9.17, 15) is 0 Å². The molecule has 0 spiro atoms. The second-order valence-electron chi connectivity index (χ2n) is 4.24. The molecule has 0 amide bonds. The lowest BCUT2D eigenvalue weighted by Crippen LogP contribution is -1.95. The van der Waals surface area contributed by atoms with Crippen molar-refractivity contribution in [3.8, 4) is 11.4 Å². The average Bonchev–Trinajstić information content (AvgIpc) is 2.73. The van der Waals surface area contributed by atoms with Crippen molar-refractivity contribution in [1.82, 2.24) is 19.7 Å². The number of fused-ring (bicyclic) bond motifs is 1. The molecule has 3 heterocycles. The average molecular weight is 239 g/mol. The van der Waals surface area contributed by atoms with Crippen LogP contribution in [-0.2, 0) is 7.05 Å². The third-order valence-electron chi connectivity index (χ3n) is 3.00. The predicted octanol–water partition coefficient (Wildman–Crippen LogP) is 1.92. The van der Waals surface area contributed by atoms with E-state index in [4.69, 9.17) is 5.73 Å². The Bertz CT molecular complexity index is 715. The van der Waals surface area contributed by atoms with Crippen LogP contribution in [-0.4, -0.2) is 19.7 Å². The smallest absolute Gasteiger partial charge is 0.160 e. The molecule has 2 N–H and O–H groups in total. The number of hydrogen-bond acceptors (Lipinski definition) is 4. The normalized spacial score (nSPS) is 11.0. The molecule has 5 nitrogen and oxygen atoms in total. The Morgan fingerprint density at radius 1 is 1.22 bits per heavy atom. The van der Waals surface area contributed by atoms with Gasteiger partial charge >= 0.3 is 0 Å². The van der Waals surface area contributed by atoms with Gasteiger partial charge in [-0.25, -0.2) is 9.67 Å². The van der Waals surface area contributed by atoms with Crippen LogP contribution in [0.5, 0.6) is 0 Å². The minimum atomic E-state index is 0.716. The molecular weight excluding hydrogens is 226 g/mol. The third kappa shape index (κ3) is 1.44. The first kappa shape index (κ1) is 10.7. The number of nitrogens with two attached hydrogens (primary N) is 1. The molecule has 0 saturated heterocycles. The molecule has 0 aromatic carbocycles. The van der Waals surface area contributed by atoms with Crippen LogP contribution in [0.25, 0.3) is 22.4 Å². The number of nitrogens with zero attached hydrogens (tertiary/aromatic N) is 4. The van der Waals surface area contributed by atoms with Crippen molar-refractivity contribution < 1.29 is 0 Å². The van der Waals surface area contributed by atoms with Gasteiger partial charge in [0.15, 0.2) is 5.65 Å². The lowest BCUT2D eigenvalue weighted by Gasteiger charge is -2.02. The molecule has 0 aliphatic heterocycles. The van der Waals surface area contributed by atoms with Crippen LogP contribution in [0.15, 0.2) is 30.6 Å². The lowest BCUT2D eigenvalue weighted by molar-refractivity contribution is 0.788. The highest BCUT2D eigenvalue weighted by atomic mass is 15.3. The van der Waals surface area contributed by atoms with Gasteiger partial charge in [0.05, 0.1) is 11.1 Å². The third-order valence-corrected chi connectivity index (χ3v) is 3.00. The topological polar surface area (TPSA) is 69.6 Å². The Morgan fingerprint density at radius 3 is 2.78 bits per heavy atom. The maximum absolute atomic E-state index is 6.15. The van der Waals surface area contributed by atoms with Crippen LogP contribution in [0.2, 0.25) is 0 Å². The molecule has 3 aromatic rings. The van der Waals surface area contributed by atoms with Gasteiger partial charge in [0, 0.05) is 25.1 Å². The van der Waals surface area contributed by atoms with Gasteiger partial charge in [-0.2, -0.15) is 5.10 Å². The zero-order valence-electron chi connectivity index (χ0n) is 10.3. The summed E-state index contributed by atoms with van der Waals surface area (Å²) in [6.45, 7) is 1.94. The van der Waals surface area contributed by atoms with Crippen LogP contribution >= 0.6 is 0 Å². The first-order chi connectivity index (χ1) is 8.68. The molecule has 0 aliphatic rings. The van der Waals surface area contributed by atoms with E-state index in [0.717, 1.165) is 28.0 Å². The molecule has 90 valence electrons. The SMILES string of the molecule is Cc1cnc2c(c(-c3ccccn3)nn2C)c1N. The Balaban J connectivity index is 2.41. The highest BCUT2D eigenvalue weighted by Crippen LogP contribution is 2.31. The fraction of sp³-hybridized carbons (Fsp3) is 0.154. The minimum absolute atomic E-state index is 0.716. The van der Waals surface area contributed by atoms with Crippen LogP contribution < -0.4 is 5.73 Å². The summed E-state index contributed by atoms with van der Waals surface area (Å²) in [7, 11) is 1.86. The quantitative estimate of drug-likeness (QED) is 0.704. The number of hydrogen-bond donors (Lipinski definition) is 1. The molecule has 18 heavy (non-hydrogen) atoms. The molecule has 0 unspecified atom stereocenters. The van der Waals surface area contributed by atoms with E-state index < -0.39 is 0 Å². The second-order valence-corrected chi connectivity index (χ2v) is 4.24. The number of rotatable bonds is 1. The summed E-state index contributed by atoms with van der Waals surface area (Å²) in [5, 5.41) is 5.35. The first-order valence-corrected chi connectivity index (χ1v) is 5.67. The van der Waals surface area contributed by atoms with Gasteiger partial charge in [-0.3, -0.25) is 4.98 Å². The van der Waals surface area contributed by atoms with Gasteiger partial charge in [-0.15, -0.1) is 0 Å². The molecule has 5 heteroatoms. The Hall–Kier alpha value is -2.43. The van der Waals surface area contributed by atoms with Gasteiger partial charge in [0.1, 0.15) is 5.69 Å². The highest BCUT2D eigenvalue weighted by molar-refractivity contribution is 6.00. The summed E-state index contributed by atoms with van der Waals surface area (Å²) in [4.78, 5) is 8.70. The predicted molar refractivity (Wildman–Crippen MR) is 70.9 cm³/mol. The summed E-state index contributed by atoms with van der Waals surface area (Å²) < 4.78 is 1.73. The van der Waals surface area contributed by atoms with Crippen molar-refractivity contribution in [2.75, 3.05) is 5.73 Å². The van der Waals surface area contributed by atoms with Crippen molar-refractivity contribution in [1.29, 1.82) is 0 Å². The van der Waals surface area contributed by atoms with Crippen LogP contribution in [0.3, 0.4) is 0 Å². The second kappa shape index (κ2) is 3.80.